The van der Waals surface area contributed by atoms with Crippen molar-refractivity contribution in [1.29, 1.82) is 0 Å². The van der Waals surface area contributed by atoms with Gasteiger partial charge >= 0.3 is 5.97 Å². The van der Waals surface area contributed by atoms with Gasteiger partial charge in [0.15, 0.2) is 0 Å². The van der Waals surface area contributed by atoms with Gasteiger partial charge in [0.05, 0.1) is 5.41 Å². The van der Waals surface area contributed by atoms with Crippen molar-refractivity contribution in [1.82, 2.24) is 10.6 Å². The number of rotatable bonds is 4. The summed E-state index contributed by atoms with van der Waals surface area (Å²) in [5, 5.41) is 14.6. The van der Waals surface area contributed by atoms with Crippen LogP contribution in [0.4, 0.5) is 0 Å². The van der Waals surface area contributed by atoms with Crippen LogP contribution in [0.15, 0.2) is 24.3 Å². The van der Waals surface area contributed by atoms with Crippen LogP contribution in [0.3, 0.4) is 0 Å². The lowest BCUT2D eigenvalue weighted by molar-refractivity contribution is -0.142. The van der Waals surface area contributed by atoms with E-state index in [-0.39, 0.29) is 11.8 Å². The largest absolute Gasteiger partial charge is 0.481 e. The van der Waals surface area contributed by atoms with E-state index in [9.17, 15) is 19.5 Å². The fourth-order valence-corrected chi connectivity index (χ4v) is 2.34. The molecule has 1 atom stereocenters. The smallest absolute Gasteiger partial charge is 0.313 e. The lowest BCUT2D eigenvalue weighted by Crippen LogP contribution is -2.51. The molecule has 1 aromatic carbocycles. The van der Waals surface area contributed by atoms with E-state index in [4.69, 9.17) is 0 Å². The van der Waals surface area contributed by atoms with Crippen molar-refractivity contribution in [2.45, 2.75) is 38.1 Å². The SMILES string of the molecule is CC1(NC(=O)c2ccc(C(C)(C)C(=O)O)cc2)CCNC1=O. The van der Waals surface area contributed by atoms with E-state index in [0.29, 0.717) is 24.1 Å². The maximum atomic E-state index is 12.2. The van der Waals surface area contributed by atoms with Crippen molar-refractivity contribution in [3.8, 4) is 0 Å². The number of carboxylic acids is 1. The van der Waals surface area contributed by atoms with E-state index in [1.165, 1.54) is 0 Å². The minimum Gasteiger partial charge on any atom is -0.481 e. The third kappa shape index (κ3) is 2.81. The van der Waals surface area contributed by atoms with Crippen molar-refractivity contribution in [2.24, 2.45) is 0 Å². The topological polar surface area (TPSA) is 95.5 Å². The van der Waals surface area contributed by atoms with Gasteiger partial charge in [0, 0.05) is 12.1 Å². The molecule has 0 bridgehead atoms. The van der Waals surface area contributed by atoms with Crippen molar-refractivity contribution in [3.05, 3.63) is 35.4 Å². The Balaban J connectivity index is 2.15. The van der Waals surface area contributed by atoms with Gasteiger partial charge < -0.3 is 15.7 Å². The van der Waals surface area contributed by atoms with E-state index in [2.05, 4.69) is 10.6 Å². The van der Waals surface area contributed by atoms with E-state index >= 15 is 0 Å². The predicted octanol–water partition coefficient (Wildman–Crippen LogP) is 1.06. The van der Waals surface area contributed by atoms with Crippen LogP contribution in [-0.4, -0.2) is 35.0 Å². The Bertz CT molecular complexity index is 622. The summed E-state index contributed by atoms with van der Waals surface area (Å²) in [6, 6.07) is 6.40. The molecule has 1 saturated heterocycles. The molecule has 6 heteroatoms. The maximum Gasteiger partial charge on any atom is 0.313 e. The Morgan fingerprint density at radius 1 is 1.27 bits per heavy atom. The zero-order valence-corrected chi connectivity index (χ0v) is 12.9. The first kappa shape index (κ1) is 16.0. The molecule has 22 heavy (non-hydrogen) atoms. The second kappa shape index (κ2) is 5.44. The minimum atomic E-state index is -1.02. The van der Waals surface area contributed by atoms with Crippen LogP contribution in [0.1, 0.15) is 43.1 Å². The second-order valence-electron chi connectivity index (χ2n) is 6.30. The van der Waals surface area contributed by atoms with Crippen molar-refractivity contribution in [2.75, 3.05) is 6.54 Å². The summed E-state index contributed by atoms with van der Waals surface area (Å²) < 4.78 is 0. The molecule has 3 N–H and O–H groups in total. The summed E-state index contributed by atoms with van der Waals surface area (Å²) in [6.45, 7) is 5.44. The van der Waals surface area contributed by atoms with Gasteiger partial charge in [-0.15, -0.1) is 0 Å². The zero-order chi connectivity index (χ0) is 16.5. The van der Waals surface area contributed by atoms with Gasteiger partial charge in [0.1, 0.15) is 5.54 Å². The van der Waals surface area contributed by atoms with Crippen LogP contribution in [0.2, 0.25) is 0 Å². The van der Waals surface area contributed by atoms with Crippen LogP contribution in [-0.2, 0) is 15.0 Å². The third-order valence-corrected chi connectivity index (χ3v) is 4.20. The normalized spacial score (nSPS) is 21.3. The summed E-state index contributed by atoms with van der Waals surface area (Å²) in [7, 11) is 0. The minimum absolute atomic E-state index is 0.190. The molecule has 2 amide bonds. The zero-order valence-electron chi connectivity index (χ0n) is 12.9. The summed E-state index contributed by atoms with van der Waals surface area (Å²) in [5.41, 5.74) is -0.908. The van der Waals surface area contributed by atoms with Crippen LogP contribution in [0.5, 0.6) is 0 Å². The van der Waals surface area contributed by atoms with Gasteiger partial charge in [-0.1, -0.05) is 12.1 Å². The number of amides is 2. The van der Waals surface area contributed by atoms with Gasteiger partial charge in [-0.2, -0.15) is 0 Å². The molecule has 0 radical (unpaired) electrons. The van der Waals surface area contributed by atoms with E-state index in [0.717, 1.165) is 0 Å². The number of aliphatic carboxylic acids is 1. The van der Waals surface area contributed by atoms with Gasteiger partial charge in [-0.05, 0) is 44.9 Å². The third-order valence-electron chi connectivity index (χ3n) is 4.20. The molecule has 1 aliphatic rings. The van der Waals surface area contributed by atoms with Crippen molar-refractivity contribution < 1.29 is 19.5 Å². The molecule has 2 rings (SSSR count). The number of nitrogens with one attached hydrogen (secondary N) is 2. The average molecular weight is 304 g/mol. The number of benzene rings is 1. The summed E-state index contributed by atoms with van der Waals surface area (Å²) >= 11 is 0. The van der Waals surface area contributed by atoms with E-state index < -0.39 is 16.9 Å². The number of hydrogen-bond donors (Lipinski definition) is 3. The number of carboxylic acid groups (broad SMARTS) is 1. The number of carbonyl (C=O) groups is 3. The van der Waals surface area contributed by atoms with Crippen molar-refractivity contribution >= 4 is 17.8 Å². The molecule has 0 aromatic heterocycles. The quantitative estimate of drug-likeness (QED) is 0.775. The molecule has 1 aromatic rings. The van der Waals surface area contributed by atoms with Gasteiger partial charge in [0.25, 0.3) is 5.91 Å². The Morgan fingerprint density at radius 2 is 1.86 bits per heavy atom. The highest BCUT2D eigenvalue weighted by Crippen LogP contribution is 2.24. The highest BCUT2D eigenvalue weighted by Gasteiger charge is 2.39. The average Bonchev–Trinajstić information content (AvgIpc) is 2.78. The van der Waals surface area contributed by atoms with E-state index in [1.807, 2.05) is 0 Å². The molecular formula is C16H20N2O4. The Morgan fingerprint density at radius 3 is 2.32 bits per heavy atom. The lowest BCUT2D eigenvalue weighted by atomic mass is 9.84. The maximum absolute atomic E-state index is 12.2. The molecular weight excluding hydrogens is 284 g/mol. The highest BCUT2D eigenvalue weighted by atomic mass is 16.4. The molecule has 1 aliphatic heterocycles. The first-order chi connectivity index (χ1) is 10.2. The fraction of sp³-hybridized carbons (Fsp3) is 0.438. The first-order valence-electron chi connectivity index (χ1n) is 7.11. The molecule has 0 saturated carbocycles. The van der Waals surface area contributed by atoms with Crippen LogP contribution < -0.4 is 10.6 Å². The van der Waals surface area contributed by atoms with Crippen LogP contribution in [0.25, 0.3) is 0 Å². The van der Waals surface area contributed by atoms with Crippen LogP contribution >= 0.6 is 0 Å². The highest BCUT2D eigenvalue weighted by molar-refractivity contribution is 5.99. The molecule has 0 aliphatic carbocycles. The van der Waals surface area contributed by atoms with Crippen molar-refractivity contribution in [3.63, 3.8) is 0 Å². The Hall–Kier alpha value is -2.37. The Kier molecular flexibility index (Phi) is 3.96. The molecule has 1 unspecified atom stereocenters. The molecule has 1 fully saturated rings. The standard InChI is InChI=1S/C16H20N2O4/c1-15(2,14(21)22)11-6-4-10(5-7-11)12(19)18-16(3)8-9-17-13(16)20/h4-7H,8-9H2,1-3H3,(H,17,20)(H,18,19)(H,21,22). The summed E-state index contributed by atoms with van der Waals surface area (Å²) in [5.74, 6) is -1.47. The summed E-state index contributed by atoms with van der Waals surface area (Å²) in [4.78, 5) is 35.2. The molecule has 118 valence electrons. The van der Waals surface area contributed by atoms with E-state index in [1.54, 1.807) is 45.0 Å². The first-order valence-corrected chi connectivity index (χ1v) is 7.11. The Labute approximate surface area is 128 Å². The predicted molar refractivity (Wildman–Crippen MR) is 80.6 cm³/mol. The van der Waals surface area contributed by atoms with Gasteiger partial charge in [0.2, 0.25) is 5.91 Å². The van der Waals surface area contributed by atoms with Crippen LogP contribution in [0, 0.1) is 0 Å². The van der Waals surface area contributed by atoms with Gasteiger partial charge in [-0.25, -0.2) is 0 Å². The molecule has 1 heterocycles. The number of carbonyl (C=O) groups excluding carboxylic acids is 2. The molecule has 0 spiro atoms. The second-order valence-corrected chi connectivity index (χ2v) is 6.30. The number of hydrogen-bond acceptors (Lipinski definition) is 3. The van der Waals surface area contributed by atoms with Gasteiger partial charge in [-0.3, -0.25) is 14.4 Å². The summed E-state index contributed by atoms with van der Waals surface area (Å²) in [6.07, 6.45) is 0.543. The lowest BCUT2D eigenvalue weighted by Gasteiger charge is -2.23. The fourth-order valence-electron chi connectivity index (χ4n) is 2.34. The monoisotopic (exact) mass is 304 g/mol. The molecule has 6 nitrogen and oxygen atoms in total.